The molecule has 0 saturated heterocycles. The number of thioether (sulfide) groups is 1. The maximum atomic E-state index is 2.26. The normalized spacial score (nSPS) is 9.43. The first-order valence-electron chi connectivity index (χ1n) is 2.55. The molecule has 0 rings (SSSR count). The summed E-state index contributed by atoms with van der Waals surface area (Å²) in [5, 5.41) is 0. The molecular formula is C5H12SSi. The molecule has 0 aromatic heterocycles. The van der Waals surface area contributed by atoms with Crippen LogP contribution in [0.2, 0.25) is 12.6 Å². The molecule has 0 bridgehead atoms. The Hall–Kier alpha value is 0.567. The second kappa shape index (κ2) is 6.57. The van der Waals surface area contributed by atoms with Crippen LogP contribution < -0.4 is 0 Å². The van der Waals surface area contributed by atoms with Crippen LogP contribution in [0.15, 0.2) is 0 Å². The van der Waals surface area contributed by atoms with E-state index >= 15 is 0 Å². The highest BCUT2D eigenvalue weighted by Gasteiger charge is 1.81. The Kier molecular flexibility index (Phi) is 7.10. The molecule has 0 amide bonds. The highest BCUT2D eigenvalue weighted by atomic mass is 32.2. The highest BCUT2D eigenvalue weighted by Crippen LogP contribution is 1.97. The molecule has 0 atom stereocenters. The van der Waals surface area contributed by atoms with Crippen LogP contribution in [0.5, 0.6) is 0 Å². The van der Waals surface area contributed by atoms with Gasteiger partial charge in [0.15, 0.2) is 0 Å². The van der Waals surface area contributed by atoms with Gasteiger partial charge in [0.2, 0.25) is 0 Å². The first-order chi connectivity index (χ1) is 3.41. The SMILES string of the molecule is C[Si]CCCSC. The standard InChI is InChI=1S/C5H12SSi/c1-6-4-3-5-7-2/h3-5H2,1-2H3. The average Bonchev–Trinajstić information content (AvgIpc) is 1.69. The van der Waals surface area contributed by atoms with E-state index in [9.17, 15) is 0 Å². The molecule has 0 nitrogen and oxygen atoms in total. The van der Waals surface area contributed by atoms with Crippen molar-refractivity contribution >= 4 is 21.3 Å². The molecule has 0 aliphatic carbocycles. The number of hydrogen-bond donors (Lipinski definition) is 0. The van der Waals surface area contributed by atoms with Gasteiger partial charge in [-0.15, -0.1) is 0 Å². The van der Waals surface area contributed by atoms with Crippen LogP contribution in [-0.2, 0) is 0 Å². The van der Waals surface area contributed by atoms with Crippen molar-refractivity contribution in [3.8, 4) is 0 Å². The summed E-state index contributed by atoms with van der Waals surface area (Å²) in [7, 11) is 1.15. The second-order valence-electron chi connectivity index (χ2n) is 1.45. The van der Waals surface area contributed by atoms with E-state index in [1.165, 1.54) is 18.2 Å². The van der Waals surface area contributed by atoms with Crippen LogP contribution >= 0.6 is 11.8 Å². The maximum absolute atomic E-state index is 2.26. The molecule has 0 aromatic rings. The summed E-state index contributed by atoms with van der Waals surface area (Å²) in [5.74, 6) is 1.35. The summed E-state index contributed by atoms with van der Waals surface area (Å²) >= 11 is 1.95. The summed E-state index contributed by atoms with van der Waals surface area (Å²) < 4.78 is 0. The van der Waals surface area contributed by atoms with Gasteiger partial charge in [0.1, 0.15) is 0 Å². The Bertz CT molecular complexity index is 27.3. The smallest absolute Gasteiger partial charge is 0.0343 e. The highest BCUT2D eigenvalue weighted by molar-refractivity contribution is 7.98. The van der Waals surface area contributed by atoms with E-state index in [2.05, 4.69) is 12.8 Å². The van der Waals surface area contributed by atoms with Gasteiger partial charge in [-0.1, -0.05) is 12.6 Å². The van der Waals surface area contributed by atoms with Crippen molar-refractivity contribution in [3.05, 3.63) is 0 Å². The molecule has 2 heteroatoms. The van der Waals surface area contributed by atoms with Gasteiger partial charge in [-0.25, -0.2) is 0 Å². The summed E-state index contributed by atoms with van der Waals surface area (Å²) in [4.78, 5) is 0. The van der Waals surface area contributed by atoms with Gasteiger partial charge in [-0.05, 0) is 18.4 Å². The van der Waals surface area contributed by atoms with Crippen molar-refractivity contribution in [2.45, 2.75) is 19.0 Å². The molecule has 0 aliphatic heterocycles. The molecular weight excluding hydrogens is 120 g/mol. The van der Waals surface area contributed by atoms with Gasteiger partial charge in [-0.2, -0.15) is 11.8 Å². The molecule has 0 N–H and O–H groups in total. The fourth-order valence-electron chi connectivity index (χ4n) is 0.393. The van der Waals surface area contributed by atoms with Crippen LogP contribution in [0, 0.1) is 0 Å². The van der Waals surface area contributed by atoms with Crippen molar-refractivity contribution in [1.82, 2.24) is 0 Å². The minimum absolute atomic E-state index is 1.15. The lowest BCUT2D eigenvalue weighted by molar-refractivity contribution is 1.09. The summed E-state index contributed by atoms with van der Waals surface area (Å²) in [6.45, 7) is 2.26. The van der Waals surface area contributed by atoms with Crippen LogP contribution in [0.3, 0.4) is 0 Å². The average molecular weight is 132 g/mol. The molecule has 7 heavy (non-hydrogen) atoms. The van der Waals surface area contributed by atoms with Gasteiger partial charge in [0.25, 0.3) is 0 Å². The zero-order valence-electron chi connectivity index (χ0n) is 5.03. The van der Waals surface area contributed by atoms with Crippen molar-refractivity contribution in [2.24, 2.45) is 0 Å². The Balaban J connectivity index is 2.45. The van der Waals surface area contributed by atoms with Gasteiger partial charge in [0, 0.05) is 9.52 Å². The Labute approximate surface area is 52.9 Å². The van der Waals surface area contributed by atoms with E-state index in [1.54, 1.807) is 0 Å². The summed E-state index contributed by atoms with van der Waals surface area (Å²) in [5.41, 5.74) is 0. The molecule has 0 fully saturated rings. The fourth-order valence-corrected chi connectivity index (χ4v) is 1.61. The van der Waals surface area contributed by atoms with Crippen molar-refractivity contribution in [2.75, 3.05) is 12.0 Å². The van der Waals surface area contributed by atoms with Crippen molar-refractivity contribution < 1.29 is 0 Å². The van der Waals surface area contributed by atoms with E-state index in [1.807, 2.05) is 11.8 Å². The zero-order valence-corrected chi connectivity index (χ0v) is 6.85. The topological polar surface area (TPSA) is 0 Å². The molecule has 42 valence electrons. The zero-order chi connectivity index (χ0) is 5.54. The Morgan fingerprint density at radius 3 is 2.71 bits per heavy atom. The van der Waals surface area contributed by atoms with E-state index < -0.39 is 0 Å². The van der Waals surface area contributed by atoms with E-state index in [4.69, 9.17) is 0 Å². The molecule has 0 unspecified atom stereocenters. The summed E-state index contributed by atoms with van der Waals surface area (Å²) in [6, 6.07) is 1.43. The number of rotatable bonds is 4. The largest absolute Gasteiger partial charge is 0.165 e. The van der Waals surface area contributed by atoms with Gasteiger partial charge in [0.05, 0.1) is 0 Å². The maximum Gasteiger partial charge on any atom is 0.0343 e. The van der Waals surface area contributed by atoms with E-state index in [0.29, 0.717) is 0 Å². The monoisotopic (exact) mass is 132 g/mol. The molecule has 0 saturated carbocycles. The van der Waals surface area contributed by atoms with Crippen LogP contribution in [0.25, 0.3) is 0 Å². The lowest BCUT2D eigenvalue weighted by Gasteiger charge is -1.90. The van der Waals surface area contributed by atoms with Gasteiger partial charge < -0.3 is 0 Å². The first kappa shape index (κ1) is 7.57. The third-order valence-electron chi connectivity index (χ3n) is 0.775. The molecule has 0 aromatic carbocycles. The van der Waals surface area contributed by atoms with Crippen molar-refractivity contribution in [3.63, 3.8) is 0 Å². The third-order valence-corrected chi connectivity index (χ3v) is 2.33. The molecule has 0 aliphatic rings. The van der Waals surface area contributed by atoms with Crippen LogP contribution in [-0.4, -0.2) is 21.5 Å². The molecule has 0 heterocycles. The van der Waals surface area contributed by atoms with Crippen molar-refractivity contribution in [1.29, 1.82) is 0 Å². The minimum Gasteiger partial charge on any atom is -0.165 e. The predicted molar refractivity (Wildman–Crippen MR) is 39.4 cm³/mol. The number of hydrogen-bond acceptors (Lipinski definition) is 1. The second-order valence-corrected chi connectivity index (χ2v) is 3.64. The van der Waals surface area contributed by atoms with E-state index in [-0.39, 0.29) is 0 Å². The lowest BCUT2D eigenvalue weighted by Crippen LogP contribution is -1.82. The van der Waals surface area contributed by atoms with Crippen LogP contribution in [0.1, 0.15) is 6.42 Å². The molecule has 2 radical (unpaired) electrons. The predicted octanol–water partition coefficient (Wildman–Crippen LogP) is 1.91. The van der Waals surface area contributed by atoms with Gasteiger partial charge >= 0.3 is 0 Å². The van der Waals surface area contributed by atoms with E-state index in [0.717, 1.165) is 9.52 Å². The fraction of sp³-hybridized carbons (Fsp3) is 1.00. The molecule has 0 spiro atoms. The lowest BCUT2D eigenvalue weighted by atomic mass is 10.6. The third kappa shape index (κ3) is 6.57. The Morgan fingerprint density at radius 2 is 2.29 bits per heavy atom. The van der Waals surface area contributed by atoms with Crippen LogP contribution in [0.4, 0.5) is 0 Å². The van der Waals surface area contributed by atoms with Gasteiger partial charge in [-0.3, -0.25) is 0 Å². The minimum atomic E-state index is 1.15. The first-order valence-corrected chi connectivity index (χ1v) is 5.65. The quantitative estimate of drug-likeness (QED) is 0.416. The Morgan fingerprint density at radius 1 is 1.57 bits per heavy atom. The summed E-state index contributed by atoms with van der Waals surface area (Å²) in [6.07, 6.45) is 3.58.